The monoisotopic (exact) mass is 432 g/mol. The number of aryl methyl sites for hydroxylation is 2. The average molecular weight is 432 g/mol. The number of amides is 2. The third-order valence-electron chi connectivity index (χ3n) is 4.78. The molecular weight excluding hydrogens is 412 g/mol. The summed E-state index contributed by atoms with van der Waals surface area (Å²) in [7, 11) is 0. The van der Waals surface area contributed by atoms with Crippen LogP contribution in [-0.2, 0) is 16.0 Å². The van der Waals surface area contributed by atoms with Crippen LogP contribution in [0.25, 0.3) is 11.5 Å². The fraction of sp³-hybridized carbons (Fsp3) is 0.167. The Hall–Kier alpha value is -4.20. The quantitative estimate of drug-likeness (QED) is 0.423. The van der Waals surface area contributed by atoms with E-state index < -0.39 is 12.0 Å². The Kier molecular flexibility index (Phi) is 6.12. The maximum atomic E-state index is 12.5. The van der Waals surface area contributed by atoms with Crippen LogP contribution < -0.4 is 10.1 Å². The number of nitrogens with zero attached hydrogens (tertiary/aromatic N) is 1. The summed E-state index contributed by atoms with van der Waals surface area (Å²) in [5.41, 5.74) is 2.06. The third-order valence-corrected chi connectivity index (χ3v) is 4.78. The van der Waals surface area contributed by atoms with Gasteiger partial charge in [0.25, 0.3) is 5.91 Å². The van der Waals surface area contributed by atoms with Crippen LogP contribution >= 0.6 is 0 Å². The van der Waals surface area contributed by atoms with Crippen molar-refractivity contribution in [3.8, 4) is 17.2 Å². The summed E-state index contributed by atoms with van der Waals surface area (Å²) in [5.74, 6) is 0.621. The zero-order chi connectivity index (χ0) is 22.5. The first-order valence-corrected chi connectivity index (χ1v) is 10.0. The molecule has 0 radical (unpaired) electrons. The Balaban J connectivity index is 1.30. The zero-order valence-corrected chi connectivity index (χ0v) is 17.3. The van der Waals surface area contributed by atoms with Gasteiger partial charge in [-0.3, -0.25) is 14.9 Å². The topological polar surface area (TPSA) is 108 Å². The number of carbonyl (C=O) groups is 3. The summed E-state index contributed by atoms with van der Waals surface area (Å²) in [6, 6.07) is 16.6. The van der Waals surface area contributed by atoms with Crippen molar-refractivity contribution in [2.75, 3.05) is 6.61 Å². The van der Waals surface area contributed by atoms with Gasteiger partial charge in [0.15, 0.2) is 18.1 Å². The second-order valence-corrected chi connectivity index (χ2v) is 7.10. The number of aromatic nitrogens is 1. The summed E-state index contributed by atoms with van der Waals surface area (Å²) in [5, 5.41) is 2.05. The minimum absolute atomic E-state index is 0.0204. The Bertz CT molecular complexity index is 1180. The fourth-order valence-electron chi connectivity index (χ4n) is 3.16. The van der Waals surface area contributed by atoms with Gasteiger partial charge in [-0.25, -0.2) is 9.78 Å². The SMILES string of the molecule is Cc1oc(-c2ccccc2)nc1C(=O)COc1ccc(CCC=C2OC(=O)NC2=O)cc1. The van der Waals surface area contributed by atoms with Gasteiger partial charge in [0, 0.05) is 5.56 Å². The predicted molar refractivity (Wildman–Crippen MR) is 114 cm³/mol. The van der Waals surface area contributed by atoms with Gasteiger partial charge in [0.2, 0.25) is 11.7 Å². The number of rotatable bonds is 8. The van der Waals surface area contributed by atoms with Gasteiger partial charge in [0.1, 0.15) is 11.5 Å². The molecule has 32 heavy (non-hydrogen) atoms. The number of nitrogens with one attached hydrogen (secondary N) is 1. The van der Waals surface area contributed by atoms with Crippen LogP contribution in [0, 0.1) is 6.92 Å². The number of ether oxygens (including phenoxy) is 2. The highest BCUT2D eigenvalue weighted by Crippen LogP contribution is 2.22. The molecule has 1 aliphatic rings. The molecule has 0 saturated carbocycles. The smallest absolute Gasteiger partial charge is 0.419 e. The molecule has 8 nitrogen and oxygen atoms in total. The van der Waals surface area contributed by atoms with Gasteiger partial charge >= 0.3 is 6.09 Å². The number of alkyl carbamates (subject to hydrolysis) is 1. The minimum Gasteiger partial charge on any atom is -0.485 e. The van der Waals surface area contributed by atoms with Crippen LogP contribution in [0.2, 0.25) is 0 Å². The Morgan fingerprint density at radius 2 is 1.84 bits per heavy atom. The molecule has 1 aliphatic heterocycles. The second kappa shape index (κ2) is 9.30. The van der Waals surface area contributed by atoms with E-state index >= 15 is 0 Å². The molecule has 1 N–H and O–H groups in total. The van der Waals surface area contributed by atoms with Crippen molar-refractivity contribution < 1.29 is 28.3 Å². The maximum Gasteiger partial charge on any atom is 0.419 e. The molecule has 2 heterocycles. The highest BCUT2D eigenvalue weighted by atomic mass is 16.6. The van der Waals surface area contributed by atoms with E-state index in [4.69, 9.17) is 13.9 Å². The van der Waals surface area contributed by atoms with Crippen LogP contribution in [0.4, 0.5) is 4.79 Å². The molecule has 2 aromatic carbocycles. The Morgan fingerprint density at radius 3 is 2.53 bits per heavy atom. The number of imide groups is 1. The molecule has 4 rings (SSSR count). The van der Waals surface area contributed by atoms with E-state index in [-0.39, 0.29) is 23.8 Å². The molecular formula is C24H20N2O6. The third kappa shape index (κ3) is 4.92. The normalized spacial score (nSPS) is 14.3. The molecule has 0 unspecified atom stereocenters. The van der Waals surface area contributed by atoms with E-state index in [1.165, 1.54) is 0 Å². The van der Waals surface area contributed by atoms with E-state index in [0.717, 1.165) is 11.1 Å². The molecule has 8 heteroatoms. The van der Waals surface area contributed by atoms with Crippen LogP contribution in [0.5, 0.6) is 5.75 Å². The number of cyclic esters (lactones) is 1. The number of benzene rings is 2. The number of ketones is 1. The van der Waals surface area contributed by atoms with E-state index in [2.05, 4.69) is 4.98 Å². The molecule has 2 amide bonds. The zero-order valence-electron chi connectivity index (χ0n) is 17.3. The lowest BCUT2D eigenvalue weighted by molar-refractivity contribution is -0.116. The molecule has 3 aromatic rings. The molecule has 162 valence electrons. The van der Waals surface area contributed by atoms with Crippen LogP contribution in [0.15, 0.2) is 70.8 Å². The van der Waals surface area contributed by atoms with Gasteiger partial charge in [-0.05, 0) is 55.7 Å². The maximum absolute atomic E-state index is 12.5. The van der Waals surface area contributed by atoms with Crippen molar-refractivity contribution in [3.63, 3.8) is 0 Å². The van der Waals surface area contributed by atoms with Crippen molar-refractivity contribution >= 4 is 17.8 Å². The summed E-state index contributed by atoms with van der Waals surface area (Å²) < 4.78 is 16.0. The summed E-state index contributed by atoms with van der Waals surface area (Å²) in [4.78, 5) is 39.3. The molecule has 0 aliphatic carbocycles. The summed E-state index contributed by atoms with van der Waals surface area (Å²) in [6.07, 6.45) is 2.00. The largest absolute Gasteiger partial charge is 0.485 e. The average Bonchev–Trinajstić information content (AvgIpc) is 3.34. The highest BCUT2D eigenvalue weighted by molar-refractivity contribution is 6.07. The van der Waals surface area contributed by atoms with Crippen molar-refractivity contribution in [3.05, 3.63) is 83.5 Å². The van der Waals surface area contributed by atoms with Crippen LogP contribution in [0.1, 0.15) is 28.2 Å². The fourth-order valence-corrected chi connectivity index (χ4v) is 3.16. The molecule has 1 fully saturated rings. The number of hydrogen-bond donors (Lipinski definition) is 1. The first-order valence-electron chi connectivity index (χ1n) is 10.0. The standard InChI is InChI=1S/C24H20N2O6/c1-15-21(25-23(31-15)17-7-3-2-4-8-17)19(27)14-30-18-12-10-16(11-13-18)6-5-9-20-22(28)26-24(29)32-20/h2-4,7-13H,5-6,14H2,1H3,(H,26,28,29). The van der Waals surface area contributed by atoms with Gasteiger partial charge in [-0.15, -0.1) is 0 Å². The highest BCUT2D eigenvalue weighted by Gasteiger charge is 2.25. The van der Waals surface area contributed by atoms with E-state index in [1.807, 2.05) is 47.8 Å². The lowest BCUT2D eigenvalue weighted by Crippen LogP contribution is -2.18. The number of allylic oxidation sites excluding steroid dienone is 1. The van der Waals surface area contributed by atoms with Crippen molar-refractivity contribution in [2.24, 2.45) is 0 Å². The number of oxazole rings is 1. The lowest BCUT2D eigenvalue weighted by atomic mass is 10.1. The molecule has 0 spiro atoms. The van der Waals surface area contributed by atoms with Crippen molar-refractivity contribution in [1.29, 1.82) is 0 Å². The first-order chi connectivity index (χ1) is 15.5. The predicted octanol–water partition coefficient (Wildman–Crippen LogP) is 3.99. The first kappa shape index (κ1) is 21.0. The van der Waals surface area contributed by atoms with Gasteiger partial charge in [0.05, 0.1) is 0 Å². The molecule has 0 bridgehead atoms. The summed E-state index contributed by atoms with van der Waals surface area (Å²) in [6.45, 7) is 1.54. The van der Waals surface area contributed by atoms with Crippen molar-refractivity contribution in [2.45, 2.75) is 19.8 Å². The number of carbonyl (C=O) groups excluding carboxylic acids is 3. The molecule has 0 atom stereocenters. The molecule has 1 saturated heterocycles. The van der Waals surface area contributed by atoms with Gasteiger partial charge in [-0.2, -0.15) is 0 Å². The summed E-state index contributed by atoms with van der Waals surface area (Å²) >= 11 is 0. The van der Waals surface area contributed by atoms with E-state index in [9.17, 15) is 14.4 Å². The number of hydrogen-bond acceptors (Lipinski definition) is 7. The number of Topliss-reactive ketones (excluding diaryl/α,β-unsaturated/α-hetero) is 1. The van der Waals surface area contributed by atoms with Crippen LogP contribution in [-0.4, -0.2) is 29.4 Å². The molecule has 1 aromatic heterocycles. The van der Waals surface area contributed by atoms with Gasteiger partial charge in [-0.1, -0.05) is 30.3 Å². The van der Waals surface area contributed by atoms with E-state index in [1.54, 1.807) is 25.1 Å². The van der Waals surface area contributed by atoms with Crippen molar-refractivity contribution in [1.82, 2.24) is 10.3 Å². The Morgan fingerprint density at radius 1 is 1.09 bits per heavy atom. The van der Waals surface area contributed by atoms with Crippen LogP contribution in [0.3, 0.4) is 0 Å². The Labute approximate surface area is 183 Å². The second-order valence-electron chi connectivity index (χ2n) is 7.10. The van der Waals surface area contributed by atoms with E-state index in [0.29, 0.717) is 30.2 Å². The minimum atomic E-state index is -0.755. The van der Waals surface area contributed by atoms with Gasteiger partial charge < -0.3 is 13.9 Å². The lowest BCUT2D eigenvalue weighted by Gasteiger charge is -2.06.